The fourth-order valence-corrected chi connectivity index (χ4v) is 3.70. The van der Waals surface area contributed by atoms with Gasteiger partial charge in [-0.25, -0.2) is 4.39 Å². The van der Waals surface area contributed by atoms with Crippen molar-refractivity contribution in [2.24, 2.45) is 0 Å². The number of benzene rings is 2. The molecule has 1 aliphatic heterocycles. The highest BCUT2D eigenvalue weighted by Gasteiger charge is 2.35. The molecule has 7 heteroatoms. The molecule has 1 aliphatic rings. The summed E-state index contributed by atoms with van der Waals surface area (Å²) in [6.45, 7) is 2.08. The summed E-state index contributed by atoms with van der Waals surface area (Å²) in [4.78, 5) is 21.8. The quantitative estimate of drug-likeness (QED) is 0.582. The lowest BCUT2D eigenvalue weighted by molar-refractivity contribution is -0.117. The van der Waals surface area contributed by atoms with E-state index in [2.05, 4.69) is 15.1 Å². The largest absolute Gasteiger partial charge is 0.361 e. The Bertz CT molecular complexity index is 1200. The summed E-state index contributed by atoms with van der Waals surface area (Å²) in [6, 6.07) is 12.6. The third kappa shape index (κ3) is 2.67. The van der Waals surface area contributed by atoms with Gasteiger partial charge in [0.25, 0.3) is 5.89 Å². The van der Waals surface area contributed by atoms with Gasteiger partial charge in [-0.05, 0) is 42.6 Å². The molecular weight excluding hydrogens is 359 g/mol. The Morgan fingerprint density at radius 1 is 1.25 bits per heavy atom. The molecule has 6 nitrogen and oxygen atoms in total. The minimum absolute atomic E-state index is 0.0714. The number of aromatic nitrogens is 3. The zero-order valence-electron chi connectivity index (χ0n) is 15.1. The molecule has 0 radical (unpaired) electrons. The lowest BCUT2D eigenvalue weighted by atomic mass is 10.1. The van der Waals surface area contributed by atoms with Crippen LogP contribution in [0.3, 0.4) is 0 Å². The van der Waals surface area contributed by atoms with Gasteiger partial charge in [-0.15, -0.1) is 0 Å². The van der Waals surface area contributed by atoms with Crippen molar-refractivity contribution in [2.45, 2.75) is 19.3 Å². The minimum atomic E-state index is -0.324. The maximum atomic E-state index is 13.9. The molecule has 5 rings (SSSR count). The highest BCUT2D eigenvalue weighted by Crippen LogP contribution is 2.34. The summed E-state index contributed by atoms with van der Waals surface area (Å²) in [5.41, 5.74) is 2.86. The summed E-state index contributed by atoms with van der Waals surface area (Å²) >= 11 is 0. The van der Waals surface area contributed by atoms with Crippen molar-refractivity contribution in [1.29, 1.82) is 0 Å². The first kappa shape index (κ1) is 16.7. The van der Waals surface area contributed by atoms with Gasteiger partial charge in [0, 0.05) is 47.4 Å². The molecule has 1 saturated heterocycles. The Kier molecular flexibility index (Phi) is 3.75. The molecule has 1 unspecified atom stereocenters. The van der Waals surface area contributed by atoms with Crippen molar-refractivity contribution in [1.82, 2.24) is 15.1 Å². The van der Waals surface area contributed by atoms with Crippen LogP contribution in [0.15, 0.2) is 53.2 Å². The van der Waals surface area contributed by atoms with E-state index in [1.165, 1.54) is 6.07 Å². The third-order valence-electron chi connectivity index (χ3n) is 5.26. The zero-order valence-corrected chi connectivity index (χ0v) is 15.1. The topological polar surface area (TPSA) is 75.0 Å². The molecule has 1 fully saturated rings. The summed E-state index contributed by atoms with van der Waals surface area (Å²) in [6.07, 6.45) is 2.14. The van der Waals surface area contributed by atoms with Crippen molar-refractivity contribution in [3.8, 4) is 11.5 Å². The van der Waals surface area contributed by atoms with Crippen molar-refractivity contribution < 1.29 is 13.7 Å². The number of nitrogens with zero attached hydrogens (tertiary/aromatic N) is 3. The Morgan fingerprint density at radius 3 is 3.04 bits per heavy atom. The second-order valence-corrected chi connectivity index (χ2v) is 7.03. The van der Waals surface area contributed by atoms with E-state index < -0.39 is 0 Å². The number of hydrogen-bond donors (Lipinski definition) is 1. The van der Waals surface area contributed by atoms with E-state index in [0.717, 1.165) is 16.5 Å². The minimum Gasteiger partial charge on any atom is -0.361 e. The SMILES string of the molecule is Cc1c(F)cccc1N1CC(c2noc(-c3ccc4cc[nH]c4c3)n2)CC1=O. The molecule has 0 saturated carbocycles. The maximum Gasteiger partial charge on any atom is 0.258 e. The van der Waals surface area contributed by atoms with Gasteiger partial charge < -0.3 is 14.4 Å². The van der Waals surface area contributed by atoms with Gasteiger partial charge in [0.2, 0.25) is 5.91 Å². The number of rotatable bonds is 3. The van der Waals surface area contributed by atoms with Gasteiger partial charge in [-0.1, -0.05) is 17.3 Å². The number of halogens is 1. The fraction of sp³-hybridized carbons (Fsp3) is 0.190. The standard InChI is InChI=1S/C21H17FN4O2/c1-12-16(22)3-2-4-18(12)26-11-15(10-19(26)27)20-24-21(28-25-20)14-6-5-13-7-8-23-17(13)9-14/h2-9,15,23H,10-11H2,1H3. The van der Waals surface area contributed by atoms with Gasteiger partial charge in [-0.3, -0.25) is 4.79 Å². The van der Waals surface area contributed by atoms with Gasteiger partial charge in [0.1, 0.15) is 5.82 Å². The number of fused-ring (bicyclic) bond motifs is 1. The van der Waals surface area contributed by atoms with Crippen molar-refractivity contribution in [3.05, 3.63) is 65.9 Å². The normalized spacial score (nSPS) is 17.0. The van der Waals surface area contributed by atoms with Crippen LogP contribution in [0.25, 0.3) is 22.4 Å². The fourth-order valence-electron chi connectivity index (χ4n) is 3.70. The molecule has 2 aromatic heterocycles. The van der Waals surface area contributed by atoms with E-state index in [0.29, 0.717) is 29.5 Å². The number of aromatic amines is 1. The molecule has 0 spiro atoms. The van der Waals surface area contributed by atoms with Crippen molar-refractivity contribution in [2.75, 3.05) is 11.4 Å². The molecule has 1 amide bonds. The average molecular weight is 376 g/mol. The molecule has 0 aliphatic carbocycles. The number of H-pyrrole nitrogens is 1. The van der Waals surface area contributed by atoms with Crippen LogP contribution < -0.4 is 4.90 Å². The zero-order chi connectivity index (χ0) is 19.3. The van der Waals surface area contributed by atoms with Gasteiger partial charge in [-0.2, -0.15) is 4.98 Å². The average Bonchev–Trinajstić information content (AvgIpc) is 3.42. The number of carbonyl (C=O) groups excluding carboxylic acids is 1. The van der Waals surface area contributed by atoms with Crippen LogP contribution in [-0.2, 0) is 4.79 Å². The summed E-state index contributed by atoms with van der Waals surface area (Å²) in [5, 5.41) is 5.20. The Labute approximate surface area is 160 Å². The molecule has 0 bridgehead atoms. The van der Waals surface area contributed by atoms with Gasteiger partial charge in [0.15, 0.2) is 5.82 Å². The Hall–Kier alpha value is -3.48. The molecule has 1 atom stereocenters. The molecular formula is C21H17FN4O2. The lowest BCUT2D eigenvalue weighted by Gasteiger charge is -2.18. The number of amides is 1. The first-order valence-electron chi connectivity index (χ1n) is 9.07. The second-order valence-electron chi connectivity index (χ2n) is 7.03. The van der Waals surface area contributed by atoms with Gasteiger partial charge >= 0.3 is 0 Å². The first-order chi connectivity index (χ1) is 13.6. The van der Waals surface area contributed by atoms with E-state index in [-0.39, 0.29) is 24.1 Å². The monoisotopic (exact) mass is 376 g/mol. The van der Waals surface area contributed by atoms with Crippen molar-refractivity contribution in [3.63, 3.8) is 0 Å². The van der Waals surface area contributed by atoms with Crippen LogP contribution in [0.5, 0.6) is 0 Å². The number of nitrogens with one attached hydrogen (secondary N) is 1. The summed E-state index contributed by atoms with van der Waals surface area (Å²) in [7, 11) is 0. The van der Waals surface area contributed by atoms with Crippen LogP contribution >= 0.6 is 0 Å². The smallest absolute Gasteiger partial charge is 0.258 e. The lowest BCUT2D eigenvalue weighted by Crippen LogP contribution is -2.25. The third-order valence-corrected chi connectivity index (χ3v) is 5.26. The summed E-state index contributed by atoms with van der Waals surface area (Å²) in [5.74, 6) is 0.320. The predicted molar refractivity (Wildman–Crippen MR) is 102 cm³/mol. The second kappa shape index (κ2) is 6.30. The highest BCUT2D eigenvalue weighted by molar-refractivity contribution is 5.97. The maximum absolute atomic E-state index is 13.9. The molecule has 28 heavy (non-hydrogen) atoms. The van der Waals surface area contributed by atoms with Crippen molar-refractivity contribution >= 4 is 22.5 Å². The van der Waals surface area contributed by atoms with Crippen LogP contribution in [0.2, 0.25) is 0 Å². The number of anilines is 1. The van der Waals surface area contributed by atoms with E-state index in [9.17, 15) is 9.18 Å². The van der Waals surface area contributed by atoms with Crippen LogP contribution in [0.4, 0.5) is 10.1 Å². The molecule has 2 aromatic carbocycles. The number of hydrogen-bond acceptors (Lipinski definition) is 4. The molecule has 1 N–H and O–H groups in total. The van der Waals surface area contributed by atoms with E-state index >= 15 is 0 Å². The van der Waals surface area contributed by atoms with Crippen LogP contribution in [0.1, 0.15) is 23.7 Å². The highest BCUT2D eigenvalue weighted by atomic mass is 19.1. The molecule has 140 valence electrons. The van der Waals surface area contributed by atoms with E-state index in [1.807, 2.05) is 30.5 Å². The Morgan fingerprint density at radius 2 is 2.14 bits per heavy atom. The summed E-state index contributed by atoms with van der Waals surface area (Å²) < 4.78 is 19.3. The van der Waals surface area contributed by atoms with Crippen LogP contribution in [0, 0.1) is 12.7 Å². The predicted octanol–water partition coefficient (Wildman–Crippen LogP) is 4.19. The molecule has 3 heterocycles. The number of carbonyl (C=O) groups is 1. The van der Waals surface area contributed by atoms with Gasteiger partial charge in [0.05, 0.1) is 0 Å². The van der Waals surface area contributed by atoms with Crippen LogP contribution in [-0.4, -0.2) is 27.6 Å². The van der Waals surface area contributed by atoms with E-state index in [4.69, 9.17) is 4.52 Å². The first-order valence-corrected chi connectivity index (χ1v) is 9.07. The van der Waals surface area contributed by atoms with E-state index in [1.54, 1.807) is 24.0 Å². The Balaban J connectivity index is 1.42. The molecule has 4 aromatic rings.